The van der Waals surface area contributed by atoms with Gasteiger partial charge in [0.05, 0.1) is 18.2 Å². The van der Waals surface area contributed by atoms with Crippen LogP contribution in [0.5, 0.6) is 0 Å². The van der Waals surface area contributed by atoms with Crippen molar-refractivity contribution in [2.45, 2.75) is 19.4 Å². The zero-order valence-electron chi connectivity index (χ0n) is 8.97. The monoisotopic (exact) mass is 249 g/mol. The van der Waals surface area contributed by atoms with Crippen molar-refractivity contribution in [1.29, 1.82) is 0 Å². The molecular formula is C8H15N3O4S. The number of likely N-dealkylation sites (tertiary alicyclic amines) is 1. The lowest BCUT2D eigenvalue weighted by Crippen LogP contribution is -2.41. The molecular weight excluding hydrogens is 234 g/mol. The van der Waals surface area contributed by atoms with Gasteiger partial charge in [-0.3, -0.25) is 14.5 Å². The summed E-state index contributed by atoms with van der Waals surface area (Å²) in [6.45, 7) is 2.12. The van der Waals surface area contributed by atoms with E-state index in [4.69, 9.17) is 5.14 Å². The van der Waals surface area contributed by atoms with Gasteiger partial charge in [-0.05, 0) is 6.92 Å². The van der Waals surface area contributed by atoms with Crippen LogP contribution in [-0.4, -0.2) is 50.0 Å². The molecule has 1 aliphatic rings. The van der Waals surface area contributed by atoms with E-state index in [-0.39, 0.29) is 30.5 Å². The molecule has 1 rings (SSSR count). The number of imide groups is 1. The van der Waals surface area contributed by atoms with E-state index in [0.29, 0.717) is 6.54 Å². The SMILES string of the molecule is CCN1C(=O)CC(NCCS(N)(=O)=O)C1=O. The third kappa shape index (κ3) is 3.26. The summed E-state index contributed by atoms with van der Waals surface area (Å²) in [5.41, 5.74) is 0. The van der Waals surface area contributed by atoms with Crippen LogP contribution in [0.1, 0.15) is 13.3 Å². The Hall–Kier alpha value is -0.990. The summed E-state index contributed by atoms with van der Waals surface area (Å²) in [7, 11) is -3.54. The average Bonchev–Trinajstić information content (AvgIpc) is 2.40. The molecule has 1 aliphatic heterocycles. The summed E-state index contributed by atoms with van der Waals surface area (Å²) < 4.78 is 21.3. The Morgan fingerprint density at radius 1 is 1.50 bits per heavy atom. The van der Waals surface area contributed by atoms with Crippen LogP contribution in [0.15, 0.2) is 0 Å². The number of sulfonamides is 1. The van der Waals surface area contributed by atoms with Crippen molar-refractivity contribution in [3.8, 4) is 0 Å². The summed E-state index contributed by atoms with van der Waals surface area (Å²) >= 11 is 0. The molecule has 1 saturated heterocycles. The van der Waals surface area contributed by atoms with Crippen LogP contribution in [0, 0.1) is 0 Å². The average molecular weight is 249 g/mol. The zero-order chi connectivity index (χ0) is 12.3. The predicted octanol–water partition coefficient (Wildman–Crippen LogP) is -1.99. The van der Waals surface area contributed by atoms with Crippen molar-refractivity contribution in [1.82, 2.24) is 10.2 Å². The second-order valence-corrected chi connectivity index (χ2v) is 5.29. The lowest BCUT2D eigenvalue weighted by atomic mass is 10.2. The fourth-order valence-corrected chi connectivity index (χ4v) is 1.95. The summed E-state index contributed by atoms with van der Waals surface area (Å²) in [5, 5.41) is 7.52. The minimum atomic E-state index is -3.54. The first-order chi connectivity index (χ1) is 7.35. The highest BCUT2D eigenvalue weighted by atomic mass is 32.2. The van der Waals surface area contributed by atoms with E-state index in [9.17, 15) is 18.0 Å². The molecule has 3 N–H and O–H groups in total. The van der Waals surface area contributed by atoms with Crippen molar-refractivity contribution < 1.29 is 18.0 Å². The van der Waals surface area contributed by atoms with Crippen LogP contribution in [0.4, 0.5) is 0 Å². The molecule has 0 radical (unpaired) electrons. The Morgan fingerprint density at radius 3 is 2.56 bits per heavy atom. The highest BCUT2D eigenvalue weighted by molar-refractivity contribution is 7.89. The van der Waals surface area contributed by atoms with E-state index < -0.39 is 16.1 Å². The Bertz CT molecular complexity index is 392. The third-order valence-corrected chi connectivity index (χ3v) is 3.11. The van der Waals surface area contributed by atoms with Gasteiger partial charge in [0.1, 0.15) is 0 Å². The molecule has 0 aromatic rings. The summed E-state index contributed by atoms with van der Waals surface area (Å²) in [4.78, 5) is 24.0. The van der Waals surface area contributed by atoms with Crippen molar-refractivity contribution in [2.24, 2.45) is 5.14 Å². The minimum Gasteiger partial charge on any atom is -0.304 e. The smallest absolute Gasteiger partial charge is 0.246 e. The largest absolute Gasteiger partial charge is 0.304 e. The highest BCUT2D eigenvalue weighted by Gasteiger charge is 2.36. The number of primary sulfonamides is 1. The molecule has 0 spiro atoms. The fourth-order valence-electron chi connectivity index (χ4n) is 1.55. The van der Waals surface area contributed by atoms with E-state index in [2.05, 4.69) is 5.32 Å². The Kier molecular flexibility index (Phi) is 4.00. The Morgan fingerprint density at radius 2 is 2.12 bits per heavy atom. The van der Waals surface area contributed by atoms with Gasteiger partial charge in [-0.2, -0.15) is 0 Å². The number of carbonyl (C=O) groups is 2. The molecule has 1 unspecified atom stereocenters. The molecule has 92 valence electrons. The lowest BCUT2D eigenvalue weighted by molar-refractivity contribution is -0.138. The number of amides is 2. The van der Waals surface area contributed by atoms with E-state index in [1.165, 1.54) is 0 Å². The van der Waals surface area contributed by atoms with Crippen LogP contribution >= 0.6 is 0 Å². The van der Waals surface area contributed by atoms with Crippen LogP contribution in [0.2, 0.25) is 0 Å². The van der Waals surface area contributed by atoms with Crippen molar-refractivity contribution >= 4 is 21.8 Å². The normalized spacial score (nSPS) is 21.9. The van der Waals surface area contributed by atoms with Crippen LogP contribution < -0.4 is 10.5 Å². The van der Waals surface area contributed by atoms with Crippen LogP contribution in [-0.2, 0) is 19.6 Å². The molecule has 0 aliphatic carbocycles. The minimum absolute atomic E-state index is 0.0695. The molecule has 0 aromatic heterocycles. The van der Waals surface area contributed by atoms with Crippen LogP contribution in [0.3, 0.4) is 0 Å². The van der Waals surface area contributed by atoms with Gasteiger partial charge in [-0.25, -0.2) is 13.6 Å². The number of rotatable bonds is 5. The summed E-state index contributed by atoms with van der Waals surface area (Å²) in [6.07, 6.45) is 0.0806. The number of hydrogen-bond donors (Lipinski definition) is 2. The maximum absolute atomic E-state index is 11.6. The highest BCUT2D eigenvalue weighted by Crippen LogP contribution is 2.11. The van der Waals surface area contributed by atoms with Crippen molar-refractivity contribution in [2.75, 3.05) is 18.8 Å². The quantitative estimate of drug-likeness (QED) is 0.548. The van der Waals surface area contributed by atoms with Gasteiger partial charge < -0.3 is 5.32 Å². The predicted molar refractivity (Wildman–Crippen MR) is 56.8 cm³/mol. The summed E-state index contributed by atoms with van der Waals surface area (Å²) in [5.74, 6) is -0.792. The van der Waals surface area contributed by atoms with Gasteiger partial charge in [-0.1, -0.05) is 0 Å². The third-order valence-electron chi connectivity index (χ3n) is 2.34. The van der Waals surface area contributed by atoms with Gasteiger partial charge >= 0.3 is 0 Å². The zero-order valence-corrected chi connectivity index (χ0v) is 9.79. The van der Waals surface area contributed by atoms with Gasteiger partial charge in [0.15, 0.2) is 0 Å². The molecule has 16 heavy (non-hydrogen) atoms. The van der Waals surface area contributed by atoms with E-state index in [0.717, 1.165) is 4.90 Å². The molecule has 1 heterocycles. The molecule has 0 aromatic carbocycles. The van der Waals surface area contributed by atoms with E-state index in [1.54, 1.807) is 6.92 Å². The number of nitrogens with zero attached hydrogens (tertiary/aromatic N) is 1. The molecule has 8 heteroatoms. The number of likely N-dealkylation sites (N-methyl/N-ethyl adjacent to an activating group) is 1. The molecule has 7 nitrogen and oxygen atoms in total. The number of nitrogens with one attached hydrogen (secondary N) is 1. The van der Waals surface area contributed by atoms with Gasteiger partial charge in [0, 0.05) is 13.1 Å². The molecule has 2 amide bonds. The second kappa shape index (κ2) is 4.89. The number of nitrogens with two attached hydrogens (primary N) is 1. The molecule has 0 saturated carbocycles. The van der Waals surface area contributed by atoms with Gasteiger partial charge in [0.2, 0.25) is 21.8 Å². The first-order valence-electron chi connectivity index (χ1n) is 4.93. The van der Waals surface area contributed by atoms with Gasteiger partial charge in [0.25, 0.3) is 0 Å². The topological polar surface area (TPSA) is 110 Å². The maximum Gasteiger partial charge on any atom is 0.246 e. The first-order valence-corrected chi connectivity index (χ1v) is 6.64. The van der Waals surface area contributed by atoms with Crippen molar-refractivity contribution in [3.05, 3.63) is 0 Å². The molecule has 0 bridgehead atoms. The van der Waals surface area contributed by atoms with Crippen molar-refractivity contribution in [3.63, 3.8) is 0 Å². The maximum atomic E-state index is 11.6. The fraction of sp³-hybridized carbons (Fsp3) is 0.750. The lowest BCUT2D eigenvalue weighted by Gasteiger charge is -2.12. The second-order valence-electron chi connectivity index (χ2n) is 3.55. The van der Waals surface area contributed by atoms with Gasteiger partial charge in [-0.15, -0.1) is 0 Å². The van der Waals surface area contributed by atoms with Crippen LogP contribution in [0.25, 0.3) is 0 Å². The van der Waals surface area contributed by atoms with E-state index in [1.807, 2.05) is 0 Å². The molecule has 1 fully saturated rings. The Balaban J connectivity index is 2.46. The Labute approximate surface area is 94.0 Å². The number of carbonyl (C=O) groups excluding carboxylic acids is 2. The summed E-state index contributed by atoms with van der Waals surface area (Å²) in [6, 6.07) is -0.616. The van der Waals surface area contributed by atoms with E-state index >= 15 is 0 Å². The standard InChI is InChI=1S/C8H15N3O4S/c1-2-11-7(12)5-6(8(11)13)10-3-4-16(9,14)15/h6,10H,2-5H2,1H3,(H2,9,14,15). The number of hydrogen-bond acceptors (Lipinski definition) is 5. The molecule has 1 atom stereocenters. The first kappa shape index (κ1) is 13.1.